The molecule has 0 saturated carbocycles. The molecule has 0 spiro atoms. The number of aryl methyl sites for hydroxylation is 2. The molecule has 2 heterocycles. The number of ether oxygens (including phenoxy) is 2. The fourth-order valence-corrected chi connectivity index (χ4v) is 5.65. The highest BCUT2D eigenvalue weighted by Crippen LogP contribution is 2.56. The summed E-state index contributed by atoms with van der Waals surface area (Å²) in [5, 5.41) is 41.7. The first-order valence-electron chi connectivity index (χ1n) is 11.2. The fraction of sp³-hybridized carbons (Fsp3) is 0.538. The highest BCUT2D eigenvalue weighted by atomic mass is 16.6. The molecule has 0 aliphatic carbocycles. The first kappa shape index (κ1) is 23.2. The van der Waals surface area contributed by atoms with Gasteiger partial charge in [-0.1, -0.05) is 55.8 Å². The molecule has 32 heavy (non-hydrogen) atoms. The number of hydrogen-bond acceptors (Lipinski definition) is 6. The molecule has 2 aliphatic heterocycles. The molecule has 4 rings (SSSR count). The van der Waals surface area contributed by atoms with Crippen molar-refractivity contribution in [3.8, 4) is 5.75 Å². The maximum Gasteiger partial charge on any atom is 0.137 e. The van der Waals surface area contributed by atoms with E-state index in [9.17, 15) is 20.4 Å². The van der Waals surface area contributed by atoms with Gasteiger partial charge in [-0.3, -0.25) is 0 Å². The van der Waals surface area contributed by atoms with Gasteiger partial charge in [0, 0.05) is 16.9 Å². The highest BCUT2D eigenvalue weighted by molar-refractivity contribution is 5.47. The third kappa shape index (κ3) is 3.55. The number of aliphatic hydroxyl groups is 4. The van der Waals surface area contributed by atoms with Crippen LogP contribution in [0.1, 0.15) is 43.0 Å². The molecule has 1 fully saturated rings. The smallest absolute Gasteiger partial charge is 0.137 e. The minimum absolute atomic E-state index is 0.445. The summed E-state index contributed by atoms with van der Waals surface area (Å²) in [5.74, 6) is 0.332. The second kappa shape index (κ2) is 8.12. The average molecular weight is 443 g/mol. The van der Waals surface area contributed by atoms with Crippen LogP contribution < -0.4 is 4.74 Å². The van der Waals surface area contributed by atoms with Crippen molar-refractivity contribution in [2.75, 3.05) is 6.61 Å². The second-order valence-electron chi connectivity index (χ2n) is 10.1. The summed E-state index contributed by atoms with van der Waals surface area (Å²) < 4.78 is 12.8. The summed E-state index contributed by atoms with van der Waals surface area (Å²) >= 11 is 0. The summed E-state index contributed by atoms with van der Waals surface area (Å²) in [7, 11) is 0. The van der Waals surface area contributed by atoms with E-state index >= 15 is 0 Å². The Morgan fingerprint density at radius 2 is 1.47 bits per heavy atom. The van der Waals surface area contributed by atoms with E-state index in [1.807, 2.05) is 63.2 Å². The number of rotatable bonds is 3. The van der Waals surface area contributed by atoms with Gasteiger partial charge in [0.05, 0.1) is 12.7 Å². The lowest BCUT2D eigenvalue weighted by atomic mass is 9.59. The minimum Gasteiger partial charge on any atom is -0.482 e. The van der Waals surface area contributed by atoms with E-state index < -0.39 is 54.1 Å². The van der Waals surface area contributed by atoms with Crippen LogP contribution in [0, 0.1) is 19.8 Å². The van der Waals surface area contributed by atoms with Crippen LogP contribution in [0.3, 0.4) is 0 Å². The Hall–Kier alpha value is -1.96. The van der Waals surface area contributed by atoms with Gasteiger partial charge in [-0.05, 0) is 38.0 Å². The molecule has 3 unspecified atom stereocenters. The van der Waals surface area contributed by atoms with Crippen molar-refractivity contribution >= 4 is 0 Å². The van der Waals surface area contributed by atoms with Crippen LogP contribution >= 0.6 is 0 Å². The van der Waals surface area contributed by atoms with E-state index in [0.29, 0.717) is 0 Å². The van der Waals surface area contributed by atoms with E-state index in [0.717, 1.165) is 28.0 Å². The molecule has 0 aromatic heterocycles. The molecular weight excluding hydrogens is 408 g/mol. The van der Waals surface area contributed by atoms with Crippen LogP contribution in [0.25, 0.3) is 0 Å². The van der Waals surface area contributed by atoms with Crippen LogP contribution in [0.2, 0.25) is 0 Å². The summed E-state index contributed by atoms with van der Waals surface area (Å²) in [6.07, 6.45) is -6.06. The van der Waals surface area contributed by atoms with Crippen molar-refractivity contribution in [2.24, 2.45) is 5.92 Å². The highest BCUT2D eigenvalue weighted by Gasteiger charge is 2.60. The van der Waals surface area contributed by atoms with Crippen LogP contribution in [-0.4, -0.2) is 57.6 Å². The third-order valence-electron chi connectivity index (χ3n) is 7.41. The zero-order valence-corrected chi connectivity index (χ0v) is 19.3. The largest absolute Gasteiger partial charge is 0.482 e. The molecule has 1 saturated heterocycles. The molecule has 2 aromatic rings. The van der Waals surface area contributed by atoms with E-state index in [1.54, 1.807) is 0 Å². The monoisotopic (exact) mass is 442 g/mol. The first-order valence-corrected chi connectivity index (χ1v) is 11.2. The standard InChI is InChI=1S/C26H34O6/c1-14-6-9-16(10-7-14)26(5)24(23-22(30)21(29)20(28)19(13-27)31-23)25(3,4)17-11-8-15(2)12-18(17)32-26/h6-12,19-24,27-30H,13H2,1-5H3/t19-,20-,21+,22-,23?,24?,26?/m1/s1. The zero-order valence-electron chi connectivity index (χ0n) is 19.3. The summed E-state index contributed by atoms with van der Waals surface area (Å²) in [6, 6.07) is 14.2. The molecular formula is C26H34O6. The zero-order chi connectivity index (χ0) is 23.4. The van der Waals surface area contributed by atoms with Gasteiger partial charge in [0.2, 0.25) is 0 Å². The fourth-order valence-electron chi connectivity index (χ4n) is 5.65. The van der Waals surface area contributed by atoms with Crippen molar-refractivity contribution in [3.63, 3.8) is 0 Å². The van der Waals surface area contributed by atoms with E-state index in [1.165, 1.54) is 0 Å². The van der Waals surface area contributed by atoms with Crippen LogP contribution in [-0.2, 0) is 15.8 Å². The first-order chi connectivity index (χ1) is 15.0. The van der Waals surface area contributed by atoms with Crippen LogP contribution in [0.4, 0.5) is 0 Å². The Bertz CT molecular complexity index is 969. The van der Waals surface area contributed by atoms with E-state index in [4.69, 9.17) is 9.47 Å². The SMILES string of the molecule is Cc1ccc(C2(C)Oc3cc(C)ccc3C(C)(C)C2C2O[C@H](CO)[C@@H](O)[C@H](O)[C@H]2O)cc1. The minimum atomic E-state index is -1.44. The number of fused-ring (bicyclic) bond motifs is 1. The molecule has 6 heteroatoms. The predicted octanol–water partition coefficient (Wildman–Crippen LogP) is 2.35. The molecule has 2 aromatic carbocycles. The van der Waals surface area contributed by atoms with Gasteiger partial charge >= 0.3 is 0 Å². The molecule has 6 nitrogen and oxygen atoms in total. The molecule has 0 radical (unpaired) electrons. The number of benzene rings is 2. The normalized spacial score (nSPS) is 36.3. The quantitative estimate of drug-likeness (QED) is 0.582. The Balaban J connectivity index is 1.91. The maximum absolute atomic E-state index is 11.0. The maximum atomic E-state index is 11.0. The van der Waals surface area contributed by atoms with Gasteiger partial charge in [-0.15, -0.1) is 0 Å². The third-order valence-corrected chi connectivity index (χ3v) is 7.41. The lowest BCUT2D eigenvalue weighted by molar-refractivity contribution is -0.263. The lowest BCUT2D eigenvalue weighted by Gasteiger charge is -2.56. The Morgan fingerprint density at radius 3 is 2.09 bits per heavy atom. The van der Waals surface area contributed by atoms with Crippen LogP contribution in [0.5, 0.6) is 5.75 Å². The summed E-state index contributed by atoms with van der Waals surface area (Å²) in [6.45, 7) is 9.73. The van der Waals surface area contributed by atoms with Gasteiger partial charge in [-0.2, -0.15) is 0 Å². The van der Waals surface area contributed by atoms with Gasteiger partial charge in [0.25, 0.3) is 0 Å². The molecule has 4 N–H and O–H groups in total. The number of aliphatic hydroxyl groups excluding tert-OH is 4. The van der Waals surface area contributed by atoms with E-state index in [2.05, 4.69) is 13.8 Å². The van der Waals surface area contributed by atoms with E-state index in [-0.39, 0.29) is 0 Å². The Morgan fingerprint density at radius 1 is 0.844 bits per heavy atom. The van der Waals surface area contributed by atoms with Crippen molar-refractivity contribution in [1.29, 1.82) is 0 Å². The van der Waals surface area contributed by atoms with Gasteiger partial charge < -0.3 is 29.9 Å². The van der Waals surface area contributed by atoms with Gasteiger partial charge in [0.1, 0.15) is 35.8 Å². The average Bonchev–Trinajstić information content (AvgIpc) is 2.73. The van der Waals surface area contributed by atoms with Gasteiger partial charge in [-0.25, -0.2) is 0 Å². The van der Waals surface area contributed by atoms with Crippen molar-refractivity contribution in [1.82, 2.24) is 0 Å². The predicted molar refractivity (Wildman–Crippen MR) is 121 cm³/mol. The van der Waals surface area contributed by atoms with Crippen LogP contribution in [0.15, 0.2) is 42.5 Å². The van der Waals surface area contributed by atoms with Gasteiger partial charge in [0.15, 0.2) is 0 Å². The Kier molecular flexibility index (Phi) is 5.89. The van der Waals surface area contributed by atoms with Crippen molar-refractivity contribution < 1.29 is 29.9 Å². The molecule has 0 amide bonds. The number of hydrogen-bond donors (Lipinski definition) is 4. The molecule has 7 atom stereocenters. The topological polar surface area (TPSA) is 99.4 Å². The second-order valence-corrected chi connectivity index (χ2v) is 10.1. The summed E-state index contributed by atoms with van der Waals surface area (Å²) in [4.78, 5) is 0. The molecule has 2 aliphatic rings. The van der Waals surface area contributed by atoms with Crippen molar-refractivity contribution in [2.45, 2.75) is 76.2 Å². The Labute approximate surface area is 189 Å². The lowest BCUT2D eigenvalue weighted by Crippen LogP contribution is -2.66. The molecule has 174 valence electrons. The molecule has 0 bridgehead atoms. The summed E-state index contributed by atoms with van der Waals surface area (Å²) in [5.41, 5.74) is 2.66. The van der Waals surface area contributed by atoms with Crippen molar-refractivity contribution in [3.05, 3.63) is 64.7 Å².